The van der Waals surface area contributed by atoms with E-state index in [4.69, 9.17) is 9.15 Å². The van der Waals surface area contributed by atoms with E-state index in [1.165, 1.54) is 11.8 Å². The highest BCUT2D eigenvalue weighted by Gasteiger charge is 2.16. The molecule has 1 amide bonds. The lowest BCUT2D eigenvalue weighted by Gasteiger charge is -2.21. The summed E-state index contributed by atoms with van der Waals surface area (Å²) >= 11 is 0. The molecule has 0 fully saturated rings. The van der Waals surface area contributed by atoms with E-state index in [0.717, 1.165) is 11.3 Å². The second-order valence-electron chi connectivity index (χ2n) is 5.94. The van der Waals surface area contributed by atoms with Crippen molar-refractivity contribution in [3.05, 3.63) is 53.5 Å². The Morgan fingerprint density at radius 2 is 2.05 bits per heavy atom. The fourth-order valence-electron chi connectivity index (χ4n) is 2.05. The number of hydrogen-bond acceptors (Lipinski definition) is 3. The lowest BCUT2D eigenvalue weighted by Crippen LogP contribution is -2.23. The standard InChI is InChI=1S/C17H21NO3/c1-17(2,3)13-7-8-14(20-4)12(10-13)11-18-16(19)15-6-5-9-21-15/h5-10H,11H2,1-4H3,(H,18,19). The van der Waals surface area contributed by atoms with Crippen LogP contribution in [0, 0.1) is 0 Å². The maximum absolute atomic E-state index is 11.9. The fraction of sp³-hybridized carbons (Fsp3) is 0.353. The second-order valence-corrected chi connectivity index (χ2v) is 5.94. The van der Waals surface area contributed by atoms with Crippen molar-refractivity contribution in [3.8, 4) is 5.75 Å². The van der Waals surface area contributed by atoms with E-state index in [2.05, 4.69) is 38.2 Å². The van der Waals surface area contributed by atoms with Crippen LogP contribution in [0.15, 0.2) is 41.0 Å². The summed E-state index contributed by atoms with van der Waals surface area (Å²) < 4.78 is 10.4. The molecule has 1 aromatic heterocycles. The van der Waals surface area contributed by atoms with E-state index >= 15 is 0 Å². The molecule has 0 atom stereocenters. The Labute approximate surface area is 125 Å². The van der Waals surface area contributed by atoms with E-state index in [1.807, 2.05) is 6.07 Å². The zero-order chi connectivity index (χ0) is 15.5. The zero-order valence-corrected chi connectivity index (χ0v) is 12.9. The summed E-state index contributed by atoms with van der Waals surface area (Å²) in [6, 6.07) is 9.39. The largest absolute Gasteiger partial charge is 0.496 e. The Hall–Kier alpha value is -2.23. The van der Waals surface area contributed by atoms with Crippen molar-refractivity contribution in [2.45, 2.75) is 32.7 Å². The molecule has 1 aromatic carbocycles. The summed E-state index contributed by atoms with van der Waals surface area (Å²) in [7, 11) is 1.63. The van der Waals surface area contributed by atoms with E-state index in [-0.39, 0.29) is 11.3 Å². The minimum atomic E-state index is -0.233. The molecule has 2 aromatic rings. The molecule has 0 aliphatic rings. The van der Waals surface area contributed by atoms with Crippen molar-refractivity contribution in [2.75, 3.05) is 7.11 Å². The van der Waals surface area contributed by atoms with Gasteiger partial charge in [-0.3, -0.25) is 4.79 Å². The van der Waals surface area contributed by atoms with Crippen LogP contribution in [0.2, 0.25) is 0 Å². The van der Waals surface area contributed by atoms with E-state index < -0.39 is 0 Å². The summed E-state index contributed by atoms with van der Waals surface area (Å²) in [4.78, 5) is 11.9. The Morgan fingerprint density at radius 1 is 1.29 bits per heavy atom. The Bertz CT molecular complexity index is 609. The maximum Gasteiger partial charge on any atom is 0.287 e. The topological polar surface area (TPSA) is 51.5 Å². The van der Waals surface area contributed by atoms with Crippen LogP contribution in [-0.4, -0.2) is 13.0 Å². The molecule has 1 heterocycles. The number of hydrogen-bond donors (Lipinski definition) is 1. The van der Waals surface area contributed by atoms with Gasteiger partial charge in [0, 0.05) is 12.1 Å². The van der Waals surface area contributed by atoms with E-state index in [1.54, 1.807) is 19.2 Å². The monoisotopic (exact) mass is 287 g/mol. The minimum Gasteiger partial charge on any atom is -0.496 e. The lowest BCUT2D eigenvalue weighted by atomic mass is 9.86. The van der Waals surface area contributed by atoms with Gasteiger partial charge in [-0.15, -0.1) is 0 Å². The lowest BCUT2D eigenvalue weighted by molar-refractivity contribution is 0.0923. The molecule has 0 saturated carbocycles. The molecule has 4 heteroatoms. The highest BCUT2D eigenvalue weighted by Crippen LogP contribution is 2.27. The van der Waals surface area contributed by atoms with Crippen LogP contribution >= 0.6 is 0 Å². The van der Waals surface area contributed by atoms with Gasteiger partial charge in [-0.1, -0.05) is 26.8 Å². The van der Waals surface area contributed by atoms with Crippen molar-refractivity contribution in [1.29, 1.82) is 0 Å². The molecule has 0 aliphatic heterocycles. The number of benzene rings is 1. The molecule has 21 heavy (non-hydrogen) atoms. The van der Waals surface area contributed by atoms with Crippen LogP contribution in [0.25, 0.3) is 0 Å². The third-order valence-corrected chi connectivity index (χ3v) is 3.33. The van der Waals surface area contributed by atoms with Crippen LogP contribution in [0.3, 0.4) is 0 Å². The number of amides is 1. The molecule has 0 unspecified atom stereocenters. The van der Waals surface area contributed by atoms with Crippen molar-refractivity contribution in [3.63, 3.8) is 0 Å². The molecule has 4 nitrogen and oxygen atoms in total. The average Bonchev–Trinajstić information content (AvgIpc) is 2.97. The summed E-state index contributed by atoms with van der Waals surface area (Å²) in [5, 5.41) is 2.84. The molecule has 0 aliphatic carbocycles. The van der Waals surface area contributed by atoms with Crippen LogP contribution in [0.5, 0.6) is 5.75 Å². The molecule has 0 saturated heterocycles. The van der Waals surface area contributed by atoms with Crippen LogP contribution in [0.1, 0.15) is 42.5 Å². The number of rotatable bonds is 4. The van der Waals surface area contributed by atoms with Gasteiger partial charge in [0.25, 0.3) is 5.91 Å². The predicted molar refractivity (Wildman–Crippen MR) is 81.6 cm³/mol. The van der Waals surface area contributed by atoms with E-state index in [9.17, 15) is 4.79 Å². The third-order valence-electron chi connectivity index (χ3n) is 3.33. The first-order valence-corrected chi connectivity index (χ1v) is 6.91. The normalized spacial score (nSPS) is 11.2. The maximum atomic E-state index is 11.9. The smallest absolute Gasteiger partial charge is 0.287 e. The number of furan rings is 1. The molecule has 0 radical (unpaired) electrons. The van der Waals surface area contributed by atoms with Crippen molar-refractivity contribution < 1.29 is 13.9 Å². The molecular formula is C17H21NO3. The Morgan fingerprint density at radius 3 is 2.62 bits per heavy atom. The SMILES string of the molecule is COc1ccc(C(C)(C)C)cc1CNC(=O)c1ccco1. The van der Waals surface area contributed by atoms with Gasteiger partial charge in [0.2, 0.25) is 0 Å². The van der Waals surface area contributed by atoms with Crippen molar-refractivity contribution >= 4 is 5.91 Å². The van der Waals surface area contributed by atoms with Gasteiger partial charge in [-0.2, -0.15) is 0 Å². The van der Waals surface area contributed by atoms with Gasteiger partial charge < -0.3 is 14.5 Å². The Kier molecular flexibility index (Phi) is 4.36. The number of carbonyl (C=O) groups is 1. The van der Waals surface area contributed by atoms with Crippen molar-refractivity contribution in [1.82, 2.24) is 5.32 Å². The second kappa shape index (κ2) is 6.04. The molecule has 112 valence electrons. The summed E-state index contributed by atoms with van der Waals surface area (Å²) in [5.41, 5.74) is 2.20. The molecule has 0 bridgehead atoms. The summed E-state index contributed by atoms with van der Waals surface area (Å²) in [6.07, 6.45) is 1.48. The van der Waals surface area contributed by atoms with Crippen LogP contribution in [0.4, 0.5) is 0 Å². The number of methoxy groups -OCH3 is 1. The van der Waals surface area contributed by atoms with E-state index in [0.29, 0.717) is 12.3 Å². The fourth-order valence-corrected chi connectivity index (χ4v) is 2.05. The zero-order valence-electron chi connectivity index (χ0n) is 12.9. The van der Waals surface area contributed by atoms with Gasteiger partial charge in [0.15, 0.2) is 5.76 Å². The first kappa shape index (κ1) is 15.2. The van der Waals surface area contributed by atoms with Gasteiger partial charge in [-0.25, -0.2) is 0 Å². The highest BCUT2D eigenvalue weighted by atomic mass is 16.5. The third kappa shape index (κ3) is 3.66. The van der Waals surface area contributed by atoms with Gasteiger partial charge in [-0.05, 0) is 35.2 Å². The van der Waals surface area contributed by atoms with Gasteiger partial charge >= 0.3 is 0 Å². The highest BCUT2D eigenvalue weighted by molar-refractivity contribution is 5.91. The number of carbonyl (C=O) groups excluding carboxylic acids is 1. The first-order valence-electron chi connectivity index (χ1n) is 6.91. The Balaban J connectivity index is 2.16. The molecular weight excluding hydrogens is 266 g/mol. The van der Waals surface area contributed by atoms with Crippen molar-refractivity contribution in [2.24, 2.45) is 0 Å². The number of ether oxygens (including phenoxy) is 1. The van der Waals surface area contributed by atoms with Gasteiger partial charge in [0.05, 0.1) is 13.4 Å². The molecule has 1 N–H and O–H groups in total. The van der Waals surface area contributed by atoms with Gasteiger partial charge in [0.1, 0.15) is 5.75 Å². The summed E-state index contributed by atoms with van der Waals surface area (Å²) in [5.74, 6) is 0.840. The molecule has 2 rings (SSSR count). The first-order chi connectivity index (χ1) is 9.91. The molecule has 0 spiro atoms. The van der Waals surface area contributed by atoms with Crippen LogP contribution in [-0.2, 0) is 12.0 Å². The summed E-state index contributed by atoms with van der Waals surface area (Å²) in [6.45, 7) is 6.85. The van der Waals surface area contributed by atoms with Crippen LogP contribution < -0.4 is 10.1 Å². The number of nitrogens with one attached hydrogen (secondary N) is 1. The quantitative estimate of drug-likeness (QED) is 0.936. The minimum absolute atomic E-state index is 0.0477. The average molecular weight is 287 g/mol. The predicted octanol–water partition coefficient (Wildman–Crippen LogP) is 3.52.